The number of carbonyl (C=O) groups excluding carboxylic acids is 1. The minimum Gasteiger partial charge on any atom is -0.350 e. The van der Waals surface area contributed by atoms with Crippen molar-refractivity contribution in [3.63, 3.8) is 0 Å². The molecule has 4 rings (SSSR count). The van der Waals surface area contributed by atoms with Gasteiger partial charge in [0.05, 0.1) is 0 Å². The Morgan fingerprint density at radius 3 is 2.63 bits per heavy atom. The minimum atomic E-state index is -0.695. The third-order valence-corrected chi connectivity index (χ3v) is 5.66. The molecule has 1 saturated carbocycles. The number of hydrogen-bond donors (Lipinski definition) is 3. The van der Waals surface area contributed by atoms with Crippen LogP contribution < -0.4 is 10.6 Å². The number of nitrogens with zero attached hydrogens (tertiary/aromatic N) is 1. The zero-order valence-electron chi connectivity index (χ0n) is 14.9. The molecular formula is C19H23ClF2N4O. The first-order valence-corrected chi connectivity index (χ1v) is 9.10. The topological polar surface area (TPSA) is 69.8 Å². The molecule has 5 nitrogen and oxygen atoms in total. The van der Waals surface area contributed by atoms with Crippen LogP contribution in [0.1, 0.15) is 53.0 Å². The van der Waals surface area contributed by atoms with Crippen LogP contribution in [-0.2, 0) is 18.4 Å². The summed E-state index contributed by atoms with van der Waals surface area (Å²) in [4.78, 5) is 12.7. The number of aromatic amines is 1. The maximum Gasteiger partial charge on any atom is 0.272 e. The first-order chi connectivity index (χ1) is 12.6. The van der Waals surface area contributed by atoms with Crippen molar-refractivity contribution in [2.75, 3.05) is 13.1 Å². The standard InChI is InChI=1S/C19H22F2N4O.ClH/c20-13-4-3-5-14(21)16(13)19(7-1-2-8-19)11-23-18(26)17-12-10-22-9-6-15(12)24-25-17;/h3-5,22H,1-2,6-11H2,(H,23,26)(H,24,25);1H. The Labute approximate surface area is 162 Å². The van der Waals surface area contributed by atoms with Crippen LogP contribution >= 0.6 is 12.4 Å². The third-order valence-electron chi connectivity index (χ3n) is 5.66. The Hall–Kier alpha value is -1.99. The highest BCUT2D eigenvalue weighted by molar-refractivity contribution is 5.94. The largest absolute Gasteiger partial charge is 0.350 e. The molecule has 0 bridgehead atoms. The van der Waals surface area contributed by atoms with Gasteiger partial charge < -0.3 is 10.6 Å². The monoisotopic (exact) mass is 396 g/mol. The molecule has 0 radical (unpaired) electrons. The molecule has 1 aliphatic carbocycles. The van der Waals surface area contributed by atoms with E-state index in [0.29, 0.717) is 25.1 Å². The summed E-state index contributed by atoms with van der Waals surface area (Å²) < 4.78 is 28.8. The van der Waals surface area contributed by atoms with Crippen LogP contribution in [0.25, 0.3) is 0 Å². The number of hydrogen-bond acceptors (Lipinski definition) is 3. The van der Waals surface area contributed by atoms with Gasteiger partial charge in [-0.1, -0.05) is 18.9 Å². The maximum atomic E-state index is 14.4. The van der Waals surface area contributed by atoms with Gasteiger partial charge in [-0.05, 0) is 25.0 Å². The summed E-state index contributed by atoms with van der Waals surface area (Å²) in [6.07, 6.45) is 3.91. The van der Waals surface area contributed by atoms with Gasteiger partial charge in [0, 0.05) is 48.3 Å². The maximum absolute atomic E-state index is 14.4. The third kappa shape index (κ3) is 3.58. The van der Waals surface area contributed by atoms with Crippen LogP contribution in [0.2, 0.25) is 0 Å². The molecule has 27 heavy (non-hydrogen) atoms. The van der Waals surface area contributed by atoms with Gasteiger partial charge in [0.1, 0.15) is 11.6 Å². The minimum absolute atomic E-state index is 0. The highest BCUT2D eigenvalue weighted by atomic mass is 35.5. The molecule has 1 aliphatic heterocycles. The van der Waals surface area contributed by atoms with E-state index >= 15 is 0 Å². The van der Waals surface area contributed by atoms with Gasteiger partial charge in [-0.25, -0.2) is 8.78 Å². The van der Waals surface area contributed by atoms with Crippen LogP contribution in [0, 0.1) is 11.6 Å². The second-order valence-corrected chi connectivity index (χ2v) is 7.22. The zero-order chi connectivity index (χ0) is 18.1. The van der Waals surface area contributed by atoms with Gasteiger partial charge in [0.15, 0.2) is 5.69 Å². The van der Waals surface area contributed by atoms with Crippen LogP contribution in [0.3, 0.4) is 0 Å². The number of rotatable bonds is 4. The second kappa shape index (κ2) is 7.94. The summed E-state index contributed by atoms with van der Waals surface area (Å²) in [5, 5.41) is 13.2. The van der Waals surface area contributed by atoms with E-state index < -0.39 is 17.0 Å². The summed E-state index contributed by atoms with van der Waals surface area (Å²) in [6.45, 7) is 1.66. The summed E-state index contributed by atoms with van der Waals surface area (Å²) in [5.41, 5.74) is 1.63. The Morgan fingerprint density at radius 1 is 1.22 bits per heavy atom. The molecule has 2 aromatic rings. The summed E-state index contributed by atoms with van der Waals surface area (Å²) in [7, 11) is 0. The van der Waals surface area contributed by atoms with Crippen molar-refractivity contribution in [3.05, 3.63) is 52.3 Å². The quantitative estimate of drug-likeness (QED) is 0.744. The lowest BCUT2D eigenvalue weighted by atomic mass is 9.78. The van der Waals surface area contributed by atoms with Gasteiger partial charge in [0.25, 0.3) is 5.91 Å². The van der Waals surface area contributed by atoms with Gasteiger partial charge in [-0.15, -0.1) is 12.4 Å². The molecule has 2 heterocycles. The summed E-state index contributed by atoms with van der Waals surface area (Å²) in [6, 6.07) is 3.95. The number of carbonyl (C=O) groups is 1. The van der Waals surface area contributed by atoms with Crippen molar-refractivity contribution in [1.82, 2.24) is 20.8 Å². The van der Waals surface area contributed by atoms with E-state index in [1.54, 1.807) is 0 Å². The molecule has 1 aromatic carbocycles. The van der Waals surface area contributed by atoms with Crippen molar-refractivity contribution in [2.24, 2.45) is 0 Å². The fraction of sp³-hybridized carbons (Fsp3) is 0.474. The average molecular weight is 397 g/mol. The number of fused-ring (bicyclic) bond motifs is 1. The molecule has 0 saturated heterocycles. The van der Waals surface area contributed by atoms with E-state index in [1.807, 2.05) is 0 Å². The molecule has 8 heteroatoms. The number of halogens is 3. The molecule has 3 N–H and O–H groups in total. The summed E-state index contributed by atoms with van der Waals surface area (Å²) >= 11 is 0. The molecule has 0 spiro atoms. The van der Waals surface area contributed by atoms with E-state index in [9.17, 15) is 13.6 Å². The van der Waals surface area contributed by atoms with Gasteiger partial charge in [-0.3, -0.25) is 9.89 Å². The average Bonchev–Trinajstić information content (AvgIpc) is 3.27. The first-order valence-electron chi connectivity index (χ1n) is 9.10. The number of benzene rings is 1. The molecule has 1 fully saturated rings. The number of H-pyrrole nitrogens is 1. The second-order valence-electron chi connectivity index (χ2n) is 7.22. The highest BCUT2D eigenvalue weighted by Gasteiger charge is 2.40. The molecule has 146 valence electrons. The van der Waals surface area contributed by atoms with E-state index in [1.165, 1.54) is 18.2 Å². The van der Waals surface area contributed by atoms with Crippen molar-refractivity contribution < 1.29 is 13.6 Å². The van der Waals surface area contributed by atoms with Gasteiger partial charge >= 0.3 is 0 Å². The zero-order valence-corrected chi connectivity index (χ0v) is 15.7. The molecule has 1 amide bonds. The first kappa shape index (κ1) is 19.8. The number of nitrogens with one attached hydrogen (secondary N) is 3. The van der Waals surface area contributed by atoms with E-state index in [4.69, 9.17) is 0 Å². The van der Waals surface area contributed by atoms with Crippen LogP contribution in [-0.4, -0.2) is 29.2 Å². The van der Waals surface area contributed by atoms with Crippen LogP contribution in [0.15, 0.2) is 18.2 Å². The SMILES string of the molecule is Cl.O=C(NCC1(c2c(F)cccc2F)CCCC1)c1n[nH]c2c1CNCC2. The van der Waals surface area contributed by atoms with Crippen molar-refractivity contribution in [3.8, 4) is 0 Å². The van der Waals surface area contributed by atoms with E-state index in [2.05, 4.69) is 20.8 Å². The lowest BCUT2D eigenvalue weighted by Gasteiger charge is -2.30. The highest BCUT2D eigenvalue weighted by Crippen LogP contribution is 2.42. The number of aromatic nitrogens is 2. The fourth-order valence-electron chi connectivity index (χ4n) is 4.32. The normalized spacial score (nSPS) is 17.9. The predicted octanol–water partition coefficient (Wildman–Crippen LogP) is 3.00. The van der Waals surface area contributed by atoms with Crippen LogP contribution in [0.5, 0.6) is 0 Å². The van der Waals surface area contributed by atoms with Crippen molar-refractivity contribution in [2.45, 2.75) is 44.1 Å². The smallest absolute Gasteiger partial charge is 0.272 e. The molecule has 1 aromatic heterocycles. The molecule has 2 aliphatic rings. The molecule has 0 unspecified atom stereocenters. The van der Waals surface area contributed by atoms with E-state index in [-0.39, 0.29) is 30.4 Å². The number of amides is 1. The van der Waals surface area contributed by atoms with Crippen molar-refractivity contribution in [1.29, 1.82) is 0 Å². The van der Waals surface area contributed by atoms with Gasteiger partial charge in [0.2, 0.25) is 0 Å². The Bertz CT molecular complexity index is 813. The lowest BCUT2D eigenvalue weighted by molar-refractivity contribution is 0.0936. The Morgan fingerprint density at radius 2 is 1.93 bits per heavy atom. The molecular weight excluding hydrogens is 374 g/mol. The fourth-order valence-corrected chi connectivity index (χ4v) is 4.32. The van der Waals surface area contributed by atoms with Crippen LogP contribution in [0.4, 0.5) is 8.78 Å². The molecule has 0 atom stereocenters. The van der Waals surface area contributed by atoms with Gasteiger partial charge in [-0.2, -0.15) is 5.10 Å². The predicted molar refractivity (Wildman–Crippen MR) is 100 cm³/mol. The van der Waals surface area contributed by atoms with E-state index in [0.717, 1.165) is 37.1 Å². The Kier molecular flexibility index (Phi) is 5.81. The lowest BCUT2D eigenvalue weighted by Crippen LogP contribution is -2.40. The van der Waals surface area contributed by atoms with Crippen molar-refractivity contribution >= 4 is 18.3 Å². The summed E-state index contributed by atoms with van der Waals surface area (Å²) in [5.74, 6) is -1.38. The Balaban J connectivity index is 0.00000210.